The molecule has 0 aliphatic rings. The largest absolute Gasteiger partial charge is 0.481 e. The van der Waals surface area contributed by atoms with Crippen LogP contribution in [0.1, 0.15) is 18.1 Å². The van der Waals surface area contributed by atoms with Crippen molar-refractivity contribution in [2.75, 3.05) is 5.32 Å². The van der Waals surface area contributed by atoms with Gasteiger partial charge in [-0.25, -0.2) is 0 Å². The average Bonchev–Trinajstić information content (AvgIpc) is 2.45. The summed E-state index contributed by atoms with van der Waals surface area (Å²) < 4.78 is 6.73. The van der Waals surface area contributed by atoms with Crippen LogP contribution in [0.5, 0.6) is 5.75 Å². The predicted molar refractivity (Wildman–Crippen MR) is 88.8 cm³/mol. The van der Waals surface area contributed by atoms with Crippen molar-refractivity contribution >= 4 is 27.5 Å². The van der Waals surface area contributed by atoms with Gasteiger partial charge in [-0.3, -0.25) is 4.79 Å². The summed E-state index contributed by atoms with van der Waals surface area (Å²) in [6.45, 7) is 5.68. The molecule has 2 aromatic carbocycles. The Bertz CT molecular complexity index is 655. The molecule has 2 rings (SSSR count). The third-order valence-corrected chi connectivity index (χ3v) is 4.08. The van der Waals surface area contributed by atoms with E-state index < -0.39 is 6.10 Å². The van der Waals surface area contributed by atoms with E-state index in [2.05, 4.69) is 21.2 Å². The Kier molecular flexibility index (Phi) is 5.02. The van der Waals surface area contributed by atoms with Crippen molar-refractivity contribution in [3.05, 3.63) is 58.1 Å². The highest BCUT2D eigenvalue weighted by Crippen LogP contribution is 2.21. The zero-order valence-corrected chi connectivity index (χ0v) is 13.9. The van der Waals surface area contributed by atoms with Gasteiger partial charge in [-0.05, 0) is 56.2 Å². The molecule has 0 saturated carbocycles. The molecule has 1 amide bonds. The van der Waals surface area contributed by atoms with Crippen LogP contribution in [0, 0.1) is 13.8 Å². The summed E-state index contributed by atoms with van der Waals surface area (Å²) in [5.41, 5.74) is 2.85. The van der Waals surface area contributed by atoms with Gasteiger partial charge < -0.3 is 10.1 Å². The van der Waals surface area contributed by atoms with Gasteiger partial charge in [0.05, 0.1) is 0 Å². The van der Waals surface area contributed by atoms with Crippen LogP contribution >= 0.6 is 15.9 Å². The van der Waals surface area contributed by atoms with Gasteiger partial charge in [-0.1, -0.05) is 34.1 Å². The number of halogens is 1. The summed E-state index contributed by atoms with van der Waals surface area (Å²) in [5, 5.41) is 2.86. The van der Waals surface area contributed by atoms with E-state index in [0.29, 0.717) is 0 Å². The van der Waals surface area contributed by atoms with Crippen molar-refractivity contribution < 1.29 is 9.53 Å². The van der Waals surface area contributed by atoms with Gasteiger partial charge >= 0.3 is 0 Å². The van der Waals surface area contributed by atoms with E-state index in [1.807, 2.05) is 56.3 Å². The number of anilines is 1. The van der Waals surface area contributed by atoms with Crippen LogP contribution in [0.2, 0.25) is 0 Å². The summed E-state index contributed by atoms with van der Waals surface area (Å²) in [6.07, 6.45) is -0.560. The Hall–Kier alpha value is -1.81. The van der Waals surface area contributed by atoms with Crippen molar-refractivity contribution in [3.63, 3.8) is 0 Å². The molecule has 4 heteroatoms. The number of carbonyl (C=O) groups excluding carboxylic acids is 1. The van der Waals surface area contributed by atoms with Crippen LogP contribution in [0.3, 0.4) is 0 Å². The van der Waals surface area contributed by atoms with Gasteiger partial charge in [-0.2, -0.15) is 0 Å². The molecule has 110 valence electrons. The molecule has 0 heterocycles. The van der Waals surface area contributed by atoms with E-state index in [4.69, 9.17) is 4.74 Å². The molecule has 3 nitrogen and oxygen atoms in total. The van der Waals surface area contributed by atoms with Gasteiger partial charge in [0.1, 0.15) is 5.75 Å². The molecule has 1 N–H and O–H groups in total. The molecule has 1 atom stereocenters. The predicted octanol–water partition coefficient (Wildman–Crippen LogP) is 4.47. The molecular weight excluding hydrogens is 330 g/mol. The number of carbonyl (C=O) groups is 1. The summed E-state index contributed by atoms with van der Waals surface area (Å²) in [4.78, 5) is 12.2. The molecular formula is C17H18BrNO2. The quantitative estimate of drug-likeness (QED) is 0.885. The molecule has 0 radical (unpaired) electrons. The van der Waals surface area contributed by atoms with Gasteiger partial charge in [0, 0.05) is 10.2 Å². The third-order valence-electron chi connectivity index (χ3n) is 3.19. The zero-order chi connectivity index (χ0) is 15.4. The van der Waals surface area contributed by atoms with E-state index >= 15 is 0 Å². The number of ether oxygens (including phenoxy) is 1. The maximum Gasteiger partial charge on any atom is 0.265 e. The SMILES string of the molecule is Cc1cc(NC(=O)C(C)Oc2ccccc2C)ccc1Br. The molecule has 21 heavy (non-hydrogen) atoms. The topological polar surface area (TPSA) is 38.3 Å². The fraction of sp³-hybridized carbons (Fsp3) is 0.235. The maximum atomic E-state index is 12.2. The molecule has 0 aliphatic carbocycles. The van der Waals surface area contributed by atoms with Gasteiger partial charge in [0.25, 0.3) is 5.91 Å². The van der Waals surface area contributed by atoms with Crippen molar-refractivity contribution in [3.8, 4) is 5.75 Å². The third kappa shape index (κ3) is 4.08. The number of rotatable bonds is 4. The highest BCUT2D eigenvalue weighted by molar-refractivity contribution is 9.10. The number of para-hydroxylation sites is 1. The first-order valence-electron chi connectivity index (χ1n) is 6.76. The fourth-order valence-electron chi connectivity index (χ4n) is 1.90. The molecule has 0 bridgehead atoms. The molecule has 0 aliphatic heterocycles. The lowest BCUT2D eigenvalue weighted by molar-refractivity contribution is -0.122. The highest BCUT2D eigenvalue weighted by Gasteiger charge is 2.15. The van der Waals surface area contributed by atoms with Crippen LogP contribution < -0.4 is 10.1 Å². The van der Waals surface area contributed by atoms with Crippen LogP contribution in [-0.4, -0.2) is 12.0 Å². The van der Waals surface area contributed by atoms with Crippen molar-refractivity contribution in [2.24, 2.45) is 0 Å². The normalized spacial score (nSPS) is 11.8. The highest BCUT2D eigenvalue weighted by atomic mass is 79.9. The fourth-order valence-corrected chi connectivity index (χ4v) is 2.15. The Balaban J connectivity index is 2.02. The van der Waals surface area contributed by atoms with E-state index in [9.17, 15) is 4.79 Å². The lowest BCUT2D eigenvalue weighted by atomic mass is 10.2. The first kappa shape index (κ1) is 15.6. The maximum absolute atomic E-state index is 12.2. The van der Waals surface area contributed by atoms with Gasteiger partial charge in [-0.15, -0.1) is 0 Å². The molecule has 0 aromatic heterocycles. The summed E-state index contributed by atoms with van der Waals surface area (Å²) in [7, 11) is 0. The molecule has 0 fully saturated rings. The second-order valence-electron chi connectivity index (χ2n) is 4.98. The minimum atomic E-state index is -0.560. The van der Waals surface area contributed by atoms with Crippen LogP contribution in [-0.2, 0) is 4.79 Å². The lowest BCUT2D eigenvalue weighted by Gasteiger charge is -2.16. The number of aryl methyl sites for hydroxylation is 2. The first-order valence-corrected chi connectivity index (χ1v) is 7.56. The smallest absolute Gasteiger partial charge is 0.265 e. The minimum absolute atomic E-state index is 0.167. The number of amides is 1. The van der Waals surface area contributed by atoms with Crippen molar-refractivity contribution in [1.29, 1.82) is 0 Å². The lowest BCUT2D eigenvalue weighted by Crippen LogP contribution is -2.30. The second-order valence-corrected chi connectivity index (χ2v) is 5.83. The van der Waals surface area contributed by atoms with Crippen LogP contribution in [0.25, 0.3) is 0 Å². The minimum Gasteiger partial charge on any atom is -0.481 e. The Morgan fingerprint density at radius 1 is 1.14 bits per heavy atom. The van der Waals surface area contributed by atoms with E-state index in [1.165, 1.54) is 0 Å². The number of nitrogens with one attached hydrogen (secondary N) is 1. The van der Waals surface area contributed by atoms with Gasteiger partial charge in [0.2, 0.25) is 0 Å². The standard InChI is InChI=1S/C17H18BrNO2/c1-11-6-4-5-7-16(11)21-13(3)17(20)19-14-8-9-15(18)12(2)10-14/h4-10,13H,1-3H3,(H,19,20). The zero-order valence-electron chi connectivity index (χ0n) is 12.3. The number of benzene rings is 2. The molecule has 0 spiro atoms. The summed E-state index contributed by atoms with van der Waals surface area (Å²) >= 11 is 3.44. The second kappa shape index (κ2) is 6.76. The summed E-state index contributed by atoms with van der Waals surface area (Å²) in [5.74, 6) is 0.562. The van der Waals surface area contributed by atoms with Crippen molar-refractivity contribution in [1.82, 2.24) is 0 Å². The van der Waals surface area contributed by atoms with E-state index in [0.717, 1.165) is 27.0 Å². The van der Waals surface area contributed by atoms with Gasteiger partial charge in [0.15, 0.2) is 6.10 Å². The van der Waals surface area contributed by atoms with E-state index in [-0.39, 0.29) is 5.91 Å². The molecule has 2 aromatic rings. The van der Waals surface area contributed by atoms with Crippen LogP contribution in [0.4, 0.5) is 5.69 Å². The Morgan fingerprint density at radius 2 is 1.86 bits per heavy atom. The molecule has 1 unspecified atom stereocenters. The van der Waals surface area contributed by atoms with Crippen molar-refractivity contribution in [2.45, 2.75) is 26.9 Å². The number of hydrogen-bond donors (Lipinski definition) is 1. The average molecular weight is 348 g/mol. The first-order chi connectivity index (χ1) is 9.97. The van der Waals surface area contributed by atoms with E-state index in [1.54, 1.807) is 6.92 Å². The monoisotopic (exact) mass is 347 g/mol. The molecule has 0 saturated heterocycles. The summed E-state index contributed by atoms with van der Waals surface area (Å²) in [6, 6.07) is 13.3. The van der Waals surface area contributed by atoms with Crippen LogP contribution in [0.15, 0.2) is 46.9 Å². The Labute approximate surface area is 133 Å². The number of hydrogen-bond acceptors (Lipinski definition) is 2. The Morgan fingerprint density at radius 3 is 2.52 bits per heavy atom.